The quantitative estimate of drug-likeness (QED) is 0.150. The Labute approximate surface area is 407 Å². The molecule has 0 N–H and O–H groups in total. The summed E-state index contributed by atoms with van der Waals surface area (Å²) in [6.07, 6.45) is 8.72. The normalized spacial score (nSPS) is 20.3. The summed E-state index contributed by atoms with van der Waals surface area (Å²) < 4.78 is 0. The minimum Gasteiger partial charge on any atom is -0.252 e. The van der Waals surface area contributed by atoms with Gasteiger partial charge in [-0.25, -0.2) is 29.9 Å². The highest BCUT2D eigenvalue weighted by atomic mass is 15.1. The second kappa shape index (κ2) is 16.4. The molecular weight excluding hydrogens is 855 g/mol. The van der Waals surface area contributed by atoms with Gasteiger partial charge in [-0.15, -0.1) is 0 Å². The molecule has 70 heavy (non-hydrogen) atoms. The van der Waals surface area contributed by atoms with Crippen LogP contribution in [-0.2, 0) is 5.41 Å². The maximum atomic E-state index is 5.05. The van der Waals surface area contributed by atoms with Crippen LogP contribution in [0, 0.1) is 23.7 Å². The molecule has 0 atom stereocenters. The van der Waals surface area contributed by atoms with Crippen LogP contribution in [0.4, 0.5) is 0 Å². The molecule has 15 rings (SSSR count). The summed E-state index contributed by atoms with van der Waals surface area (Å²) in [4.78, 5) is 34.7. The molecule has 3 heterocycles. The molecule has 0 amide bonds. The van der Waals surface area contributed by atoms with Crippen LogP contribution >= 0.6 is 0 Å². The molecule has 0 radical (unpaired) electrons. The molecule has 1 spiro atoms. The predicted molar refractivity (Wildman–Crippen MR) is 278 cm³/mol. The van der Waals surface area contributed by atoms with Gasteiger partial charge in [0.05, 0.1) is 0 Å². The third-order valence-corrected chi connectivity index (χ3v) is 15.8. The fraction of sp³-hybridized carbons (Fsp3) is 0.159. The van der Waals surface area contributed by atoms with Gasteiger partial charge in [-0.3, -0.25) is 4.98 Å². The Morgan fingerprint density at radius 3 is 1.17 bits per heavy atom. The van der Waals surface area contributed by atoms with Crippen molar-refractivity contribution in [2.45, 2.75) is 37.5 Å². The second-order valence-electron chi connectivity index (χ2n) is 19.8. The van der Waals surface area contributed by atoms with Crippen LogP contribution in [0.25, 0.3) is 102 Å². The maximum absolute atomic E-state index is 5.05. The zero-order valence-electron chi connectivity index (χ0n) is 38.5. The minimum atomic E-state index is 0.0159. The van der Waals surface area contributed by atoms with Gasteiger partial charge in [0.15, 0.2) is 34.9 Å². The molecule has 4 bridgehead atoms. The topological polar surface area (TPSA) is 90.2 Å². The van der Waals surface area contributed by atoms with Gasteiger partial charge >= 0.3 is 0 Å². The van der Waals surface area contributed by atoms with Crippen molar-refractivity contribution in [3.63, 3.8) is 0 Å². The van der Waals surface area contributed by atoms with E-state index in [2.05, 4.69) is 72.8 Å². The largest absolute Gasteiger partial charge is 0.252 e. The van der Waals surface area contributed by atoms with Gasteiger partial charge in [0.1, 0.15) is 5.69 Å². The van der Waals surface area contributed by atoms with Crippen LogP contribution in [0.3, 0.4) is 0 Å². The van der Waals surface area contributed by atoms with E-state index >= 15 is 0 Å². The highest BCUT2D eigenvalue weighted by Crippen LogP contribution is 2.69. The zero-order chi connectivity index (χ0) is 46.2. The molecule has 5 aliphatic rings. The minimum absolute atomic E-state index is 0.0159. The fourth-order valence-corrected chi connectivity index (χ4v) is 12.9. The molecule has 3 aromatic heterocycles. The lowest BCUT2D eigenvalue weighted by Crippen LogP contribution is -2.55. The molecule has 4 saturated carbocycles. The summed E-state index contributed by atoms with van der Waals surface area (Å²) in [6.45, 7) is 0. The van der Waals surface area contributed by atoms with Crippen molar-refractivity contribution < 1.29 is 0 Å². The molecule has 0 aliphatic heterocycles. The van der Waals surface area contributed by atoms with Gasteiger partial charge < -0.3 is 0 Å². The standard InChI is InChI=1S/C63H47N7/c1-5-13-42(14-6-1)57-65-58(43-15-7-2-8-16-43)67-61(66-57)46-23-21-41(22-24-46)47-26-29-54-53(36-47)52-28-25-48(37-55(52)63(54)50-32-39-31-40(34-50)35-51(63)33-39)49-27-30-56(64-38-49)62-69-59(44-17-9-3-10-18-44)68-60(70-62)45-19-11-4-12-20-45/h1-30,36-40,50-51H,31-35H2. The molecule has 0 saturated heterocycles. The Bertz CT molecular complexity index is 3440. The number of rotatable bonds is 8. The number of pyridine rings is 1. The van der Waals surface area contributed by atoms with Crippen LogP contribution in [0.1, 0.15) is 43.2 Å². The number of aromatic nitrogens is 7. The number of benzene rings is 7. The average molecular weight is 902 g/mol. The molecule has 4 fully saturated rings. The Morgan fingerprint density at radius 1 is 0.300 bits per heavy atom. The van der Waals surface area contributed by atoms with Crippen molar-refractivity contribution in [2.24, 2.45) is 23.7 Å². The number of nitrogens with zero attached hydrogens (tertiary/aromatic N) is 7. The maximum Gasteiger partial charge on any atom is 0.182 e. The Kier molecular flexibility index (Phi) is 9.58. The van der Waals surface area contributed by atoms with Gasteiger partial charge in [-0.05, 0) is 113 Å². The van der Waals surface area contributed by atoms with E-state index in [0.29, 0.717) is 52.5 Å². The van der Waals surface area contributed by atoms with Crippen molar-refractivity contribution >= 4 is 0 Å². The summed E-state index contributed by atoms with van der Waals surface area (Å²) in [5.41, 5.74) is 16.0. The number of hydrogen-bond donors (Lipinski definition) is 0. The van der Waals surface area contributed by atoms with E-state index in [-0.39, 0.29) is 5.41 Å². The summed E-state index contributed by atoms with van der Waals surface area (Å²) in [7, 11) is 0. The third-order valence-electron chi connectivity index (χ3n) is 15.8. The summed E-state index contributed by atoms with van der Waals surface area (Å²) in [5, 5.41) is 0. The van der Waals surface area contributed by atoms with E-state index < -0.39 is 0 Å². The van der Waals surface area contributed by atoms with Gasteiger partial charge in [0, 0.05) is 45.0 Å². The molecule has 7 heteroatoms. The van der Waals surface area contributed by atoms with E-state index in [1.165, 1.54) is 71.0 Å². The summed E-state index contributed by atoms with van der Waals surface area (Å²) in [6, 6.07) is 68.1. The van der Waals surface area contributed by atoms with Crippen molar-refractivity contribution in [2.75, 3.05) is 0 Å². The molecule has 5 aliphatic carbocycles. The van der Waals surface area contributed by atoms with E-state index in [0.717, 1.165) is 45.2 Å². The lowest BCUT2D eigenvalue weighted by molar-refractivity contribution is -0.0399. The Balaban J connectivity index is 0.823. The van der Waals surface area contributed by atoms with Gasteiger partial charge in [0.2, 0.25) is 0 Å². The van der Waals surface area contributed by atoms with Crippen molar-refractivity contribution in [1.82, 2.24) is 34.9 Å². The predicted octanol–water partition coefficient (Wildman–Crippen LogP) is 14.5. The average Bonchev–Trinajstić information content (AvgIpc) is 3.72. The zero-order valence-corrected chi connectivity index (χ0v) is 38.5. The van der Waals surface area contributed by atoms with E-state index in [1.54, 1.807) is 0 Å². The molecule has 7 aromatic carbocycles. The van der Waals surface area contributed by atoms with E-state index in [1.807, 2.05) is 128 Å². The SMILES string of the molecule is c1ccc(-c2nc(-c3ccccc3)nc(-c3ccc(-c4ccc5c(c4)-c4ccc(-c6ccc(-c7nc(-c8ccccc8)nc(-c8ccccc8)n7)nc6)cc4C54C5CC6CC(C5)CC4C6)cc3)n2)cc1. The second-order valence-corrected chi connectivity index (χ2v) is 19.8. The lowest BCUT2D eigenvalue weighted by atomic mass is 9.43. The smallest absolute Gasteiger partial charge is 0.182 e. The molecule has 0 unspecified atom stereocenters. The van der Waals surface area contributed by atoms with Crippen molar-refractivity contribution in [3.05, 3.63) is 211 Å². The highest BCUT2D eigenvalue weighted by molar-refractivity contribution is 5.88. The first-order chi connectivity index (χ1) is 34.6. The van der Waals surface area contributed by atoms with Crippen molar-refractivity contribution in [1.29, 1.82) is 0 Å². The monoisotopic (exact) mass is 901 g/mol. The first-order valence-corrected chi connectivity index (χ1v) is 24.7. The van der Waals surface area contributed by atoms with Crippen LogP contribution < -0.4 is 0 Å². The first-order valence-electron chi connectivity index (χ1n) is 24.7. The van der Waals surface area contributed by atoms with E-state index in [4.69, 9.17) is 34.9 Å². The Hall–Kier alpha value is -8.29. The molecule has 7 nitrogen and oxygen atoms in total. The van der Waals surface area contributed by atoms with Gasteiger partial charge in [-0.1, -0.05) is 176 Å². The molecule has 10 aromatic rings. The van der Waals surface area contributed by atoms with Gasteiger partial charge in [0.25, 0.3) is 0 Å². The lowest BCUT2D eigenvalue weighted by Gasteiger charge is -2.61. The van der Waals surface area contributed by atoms with E-state index in [9.17, 15) is 0 Å². The summed E-state index contributed by atoms with van der Waals surface area (Å²) >= 11 is 0. The first kappa shape index (κ1) is 40.7. The molecule has 334 valence electrons. The van der Waals surface area contributed by atoms with Crippen LogP contribution in [0.15, 0.2) is 200 Å². The highest BCUT2D eigenvalue weighted by Gasteiger charge is 2.61. The molecular formula is C63H47N7. The third kappa shape index (κ3) is 6.82. The fourth-order valence-electron chi connectivity index (χ4n) is 12.9. The summed E-state index contributed by atoms with van der Waals surface area (Å²) in [5.74, 6) is 6.81. The van der Waals surface area contributed by atoms with Crippen LogP contribution in [0.5, 0.6) is 0 Å². The Morgan fingerprint density at radius 2 is 0.700 bits per heavy atom. The van der Waals surface area contributed by atoms with Crippen LogP contribution in [0.2, 0.25) is 0 Å². The van der Waals surface area contributed by atoms with Gasteiger partial charge in [-0.2, -0.15) is 0 Å². The number of fused-ring (bicyclic) bond motifs is 3. The van der Waals surface area contributed by atoms with Crippen LogP contribution in [-0.4, -0.2) is 34.9 Å². The van der Waals surface area contributed by atoms with Crippen molar-refractivity contribution in [3.8, 4) is 102 Å². The number of hydrogen-bond acceptors (Lipinski definition) is 7.